The summed E-state index contributed by atoms with van der Waals surface area (Å²) in [6.07, 6.45) is 2.94. The Morgan fingerprint density at radius 1 is 1.47 bits per heavy atom. The van der Waals surface area contributed by atoms with Crippen LogP contribution in [-0.2, 0) is 0 Å². The van der Waals surface area contributed by atoms with E-state index >= 15 is 0 Å². The minimum Gasteiger partial charge on any atom is -0.238 e. The average Bonchev–Trinajstić information content (AvgIpc) is 2.64. The highest BCUT2D eigenvalue weighted by Gasteiger charge is 2.09. The molecule has 15 heavy (non-hydrogen) atoms. The molecule has 0 amide bonds. The lowest BCUT2D eigenvalue weighted by Gasteiger charge is -2.03. The molecule has 0 unspecified atom stereocenters. The summed E-state index contributed by atoms with van der Waals surface area (Å²) in [4.78, 5) is 0. The number of nitriles is 1. The van der Waals surface area contributed by atoms with Crippen LogP contribution in [0.2, 0.25) is 5.02 Å². The van der Waals surface area contributed by atoms with Crippen molar-refractivity contribution >= 4 is 11.6 Å². The lowest BCUT2D eigenvalue weighted by molar-refractivity contribution is 0.621. The van der Waals surface area contributed by atoms with Gasteiger partial charge in [0.05, 0.1) is 16.9 Å². The monoisotopic (exact) mass is 221 g/mol. The lowest BCUT2D eigenvalue weighted by Crippen LogP contribution is -1.99. The molecule has 0 fully saturated rings. The van der Waals surface area contributed by atoms with Crippen LogP contribution in [0.3, 0.4) is 0 Å². The van der Waals surface area contributed by atoms with Gasteiger partial charge in [-0.2, -0.15) is 10.4 Å². The summed E-state index contributed by atoms with van der Waals surface area (Å²) in [7, 11) is 0. The summed E-state index contributed by atoms with van der Waals surface area (Å²) in [5.41, 5.74) is 0.335. The van der Waals surface area contributed by atoms with E-state index < -0.39 is 5.82 Å². The van der Waals surface area contributed by atoms with Gasteiger partial charge in [-0.05, 0) is 12.1 Å². The van der Waals surface area contributed by atoms with Crippen molar-refractivity contribution in [2.75, 3.05) is 0 Å². The molecule has 0 saturated carbocycles. The molecule has 1 aromatic heterocycles. The van der Waals surface area contributed by atoms with Crippen LogP contribution in [0.5, 0.6) is 0 Å². The Labute approximate surface area is 90.3 Å². The zero-order valence-electron chi connectivity index (χ0n) is 7.48. The quantitative estimate of drug-likeness (QED) is 0.743. The van der Waals surface area contributed by atoms with E-state index in [1.165, 1.54) is 29.2 Å². The van der Waals surface area contributed by atoms with Crippen molar-refractivity contribution in [1.29, 1.82) is 5.26 Å². The minimum atomic E-state index is -0.568. The molecule has 1 aromatic carbocycles. The Balaban J connectivity index is 2.63. The van der Waals surface area contributed by atoms with Crippen LogP contribution in [0.4, 0.5) is 4.39 Å². The van der Waals surface area contributed by atoms with Crippen LogP contribution in [0.1, 0.15) is 5.56 Å². The number of halogens is 2. The van der Waals surface area contributed by atoms with E-state index in [0.717, 1.165) is 0 Å². The number of hydrogen-bond donors (Lipinski definition) is 0. The first-order valence-electron chi connectivity index (χ1n) is 4.11. The number of rotatable bonds is 1. The van der Waals surface area contributed by atoms with Crippen LogP contribution < -0.4 is 0 Å². The second kappa shape index (κ2) is 3.71. The second-order valence-corrected chi connectivity index (χ2v) is 3.29. The van der Waals surface area contributed by atoms with E-state index in [0.29, 0.717) is 10.7 Å². The Morgan fingerprint density at radius 2 is 2.27 bits per heavy atom. The molecule has 2 rings (SSSR count). The van der Waals surface area contributed by atoms with Crippen molar-refractivity contribution in [3.05, 3.63) is 47.0 Å². The molecule has 1 heterocycles. The van der Waals surface area contributed by atoms with E-state index in [2.05, 4.69) is 5.10 Å². The SMILES string of the molecule is N#Cc1c(F)cccc1-n1cc(Cl)cn1. The number of benzene rings is 1. The molecular formula is C10H5ClFN3. The molecule has 0 aliphatic carbocycles. The lowest BCUT2D eigenvalue weighted by atomic mass is 10.2. The van der Waals surface area contributed by atoms with Gasteiger partial charge in [0, 0.05) is 6.20 Å². The fourth-order valence-electron chi connectivity index (χ4n) is 1.25. The van der Waals surface area contributed by atoms with E-state index in [-0.39, 0.29) is 5.56 Å². The normalized spacial score (nSPS) is 9.93. The fraction of sp³-hybridized carbons (Fsp3) is 0. The van der Waals surface area contributed by atoms with Gasteiger partial charge in [0.2, 0.25) is 0 Å². The number of aromatic nitrogens is 2. The minimum absolute atomic E-state index is 0.0442. The number of nitrogens with zero attached hydrogens (tertiary/aromatic N) is 3. The highest BCUT2D eigenvalue weighted by atomic mass is 35.5. The summed E-state index contributed by atoms with van der Waals surface area (Å²) < 4.78 is 14.6. The molecule has 2 aromatic rings. The van der Waals surface area contributed by atoms with Crippen molar-refractivity contribution in [2.45, 2.75) is 0 Å². The zero-order chi connectivity index (χ0) is 10.8. The van der Waals surface area contributed by atoms with Gasteiger partial charge in [0.1, 0.15) is 17.4 Å². The predicted molar refractivity (Wildman–Crippen MR) is 53.2 cm³/mol. The van der Waals surface area contributed by atoms with Gasteiger partial charge < -0.3 is 0 Å². The molecule has 0 saturated heterocycles. The van der Waals surface area contributed by atoms with Gasteiger partial charge >= 0.3 is 0 Å². The van der Waals surface area contributed by atoms with Crippen LogP contribution in [0.15, 0.2) is 30.6 Å². The maximum absolute atomic E-state index is 13.2. The first kappa shape index (κ1) is 9.69. The molecule has 0 aliphatic rings. The van der Waals surface area contributed by atoms with Crippen LogP contribution in [-0.4, -0.2) is 9.78 Å². The van der Waals surface area contributed by atoms with E-state index in [1.807, 2.05) is 0 Å². The van der Waals surface area contributed by atoms with Gasteiger partial charge in [0.25, 0.3) is 0 Å². The predicted octanol–water partition coefficient (Wildman–Crippen LogP) is 2.54. The van der Waals surface area contributed by atoms with Crippen LogP contribution in [0.25, 0.3) is 5.69 Å². The molecular weight excluding hydrogens is 217 g/mol. The Bertz CT molecular complexity index is 542. The maximum Gasteiger partial charge on any atom is 0.143 e. The second-order valence-electron chi connectivity index (χ2n) is 2.85. The summed E-state index contributed by atoms with van der Waals surface area (Å²) in [6.45, 7) is 0. The average molecular weight is 222 g/mol. The third kappa shape index (κ3) is 1.69. The van der Waals surface area contributed by atoms with Crippen molar-refractivity contribution < 1.29 is 4.39 Å². The summed E-state index contributed by atoms with van der Waals surface area (Å²) in [5.74, 6) is -0.568. The molecule has 74 valence electrons. The first-order valence-corrected chi connectivity index (χ1v) is 4.49. The smallest absolute Gasteiger partial charge is 0.143 e. The zero-order valence-corrected chi connectivity index (χ0v) is 8.24. The Kier molecular flexibility index (Phi) is 2.40. The van der Waals surface area contributed by atoms with Gasteiger partial charge in [0.15, 0.2) is 0 Å². The summed E-state index contributed by atoms with van der Waals surface area (Å²) in [5, 5.41) is 13.1. The van der Waals surface area contributed by atoms with E-state index in [4.69, 9.17) is 16.9 Å². The largest absolute Gasteiger partial charge is 0.238 e. The fourth-order valence-corrected chi connectivity index (χ4v) is 1.38. The van der Waals surface area contributed by atoms with E-state index in [1.54, 1.807) is 12.1 Å². The third-order valence-corrected chi connectivity index (χ3v) is 2.10. The number of hydrogen-bond acceptors (Lipinski definition) is 2. The molecule has 0 spiro atoms. The van der Waals surface area contributed by atoms with Gasteiger partial charge in [-0.25, -0.2) is 9.07 Å². The van der Waals surface area contributed by atoms with Crippen molar-refractivity contribution in [3.63, 3.8) is 0 Å². The van der Waals surface area contributed by atoms with Gasteiger partial charge in [-0.1, -0.05) is 17.7 Å². The van der Waals surface area contributed by atoms with E-state index in [9.17, 15) is 4.39 Å². The standard InChI is InChI=1S/C10H5ClFN3/c11-7-5-14-15(6-7)10-3-1-2-9(12)8(10)4-13/h1-3,5-6H. The summed E-state index contributed by atoms with van der Waals surface area (Å²) in [6, 6.07) is 6.14. The maximum atomic E-state index is 13.2. The van der Waals surface area contributed by atoms with Gasteiger partial charge in [-0.3, -0.25) is 0 Å². The van der Waals surface area contributed by atoms with Crippen LogP contribution in [0, 0.1) is 17.1 Å². The van der Waals surface area contributed by atoms with Crippen molar-refractivity contribution in [2.24, 2.45) is 0 Å². The molecule has 0 radical (unpaired) electrons. The molecule has 0 atom stereocenters. The molecule has 3 nitrogen and oxygen atoms in total. The highest BCUT2D eigenvalue weighted by Crippen LogP contribution is 2.18. The van der Waals surface area contributed by atoms with Crippen LogP contribution >= 0.6 is 11.6 Å². The topological polar surface area (TPSA) is 41.6 Å². The van der Waals surface area contributed by atoms with Crippen molar-refractivity contribution in [1.82, 2.24) is 9.78 Å². The Hall–Kier alpha value is -1.86. The molecule has 0 N–H and O–H groups in total. The van der Waals surface area contributed by atoms with Crippen molar-refractivity contribution in [3.8, 4) is 11.8 Å². The highest BCUT2D eigenvalue weighted by molar-refractivity contribution is 6.30. The molecule has 0 aliphatic heterocycles. The van der Waals surface area contributed by atoms with Gasteiger partial charge in [-0.15, -0.1) is 0 Å². The molecule has 5 heteroatoms. The first-order chi connectivity index (χ1) is 7.22. The summed E-state index contributed by atoms with van der Waals surface area (Å²) >= 11 is 5.69. The molecule has 0 bridgehead atoms. The Morgan fingerprint density at radius 3 is 2.87 bits per heavy atom. The third-order valence-electron chi connectivity index (χ3n) is 1.90.